The molecule has 0 bridgehead atoms. The number of alkyl halides is 1. The van der Waals surface area contributed by atoms with Gasteiger partial charge in [-0.05, 0) is 60.4 Å². The van der Waals surface area contributed by atoms with Crippen molar-refractivity contribution in [2.24, 2.45) is 0 Å². The van der Waals surface area contributed by atoms with Crippen LogP contribution in [0.2, 0.25) is 0 Å². The number of halogens is 2. The Morgan fingerprint density at radius 1 is 1.00 bits per heavy atom. The molecule has 0 spiro atoms. The lowest BCUT2D eigenvalue weighted by Gasteiger charge is -2.16. The van der Waals surface area contributed by atoms with Gasteiger partial charge in [-0.1, -0.05) is 12.1 Å². The van der Waals surface area contributed by atoms with Gasteiger partial charge in [0.05, 0.1) is 12.5 Å². The van der Waals surface area contributed by atoms with Crippen molar-refractivity contribution in [1.29, 1.82) is 0 Å². The van der Waals surface area contributed by atoms with Crippen LogP contribution in [0.3, 0.4) is 0 Å². The van der Waals surface area contributed by atoms with Crippen molar-refractivity contribution in [3.05, 3.63) is 64.5 Å². The minimum absolute atomic E-state index is 0.266. The van der Waals surface area contributed by atoms with Crippen molar-refractivity contribution in [3.8, 4) is 5.75 Å². The van der Waals surface area contributed by atoms with Crippen LogP contribution in [0.5, 0.6) is 5.75 Å². The van der Waals surface area contributed by atoms with Gasteiger partial charge >= 0.3 is 0 Å². The molecular formula is C16H16ClFO. The predicted molar refractivity (Wildman–Crippen MR) is 76.6 cm³/mol. The monoisotopic (exact) mass is 278 g/mol. The molecule has 2 aromatic carbocycles. The zero-order valence-corrected chi connectivity index (χ0v) is 12.0. The summed E-state index contributed by atoms with van der Waals surface area (Å²) in [5, 5.41) is -0.360. The normalized spacial score (nSPS) is 12.3. The summed E-state index contributed by atoms with van der Waals surface area (Å²) in [6.45, 7) is 3.91. The highest BCUT2D eigenvalue weighted by atomic mass is 35.5. The van der Waals surface area contributed by atoms with Crippen molar-refractivity contribution in [2.45, 2.75) is 19.2 Å². The summed E-state index contributed by atoms with van der Waals surface area (Å²) in [4.78, 5) is 0. The van der Waals surface area contributed by atoms with E-state index in [2.05, 4.69) is 0 Å². The van der Waals surface area contributed by atoms with Crippen molar-refractivity contribution in [3.63, 3.8) is 0 Å². The van der Waals surface area contributed by atoms with Crippen LogP contribution in [0, 0.1) is 19.7 Å². The fourth-order valence-corrected chi connectivity index (χ4v) is 2.59. The molecule has 2 rings (SSSR count). The molecule has 100 valence electrons. The molecule has 0 aliphatic heterocycles. The molecular weight excluding hydrogens is 263 g/mol. The molecule has 0 aromatic heterocycles. The first kappa shape index (κ1) is 13.9. The van der Waals surface area contributed by atoms with Gasteiger partial charge in [-0.15, -0.1) is 11.6 Å². The molecule has 0 amide bonds. The van der Waals surface area contributed by atoms with Crippen molar-refractivity contribution >= 4 is 11.6 Å². The summed E-state index contributed by atoms with van der Waals surface area (Å²) in [6, 6.07) is 10.4. The van der Waals surface area contributed by atoms with Crippen LogP contribution in [-0.4, -0.2) is 7.11 Å². The van der Waals surface area contributed by atoms with Gasteiger partial charge in [0.2, 0.25) is 0 Å². The van der Waals surface area contributed by atoms with Crippen LogP contribution in [0.25, 0.3) is 0 Å². The summed E-state index contributed by atoms with van der Waals surface area (Å²) >= 11 is 6.50. The lowest BCUT2D eigenvalue weighted by molar-refractivity contribution is 0.414. The van der Waals surface area contributed by atoms with Gasteiger partial charge in [-0.25, -0.2) is 4.39 Å². The first-order valence-electron chi connectivity index (χ1n) is 6.07. The number of rotatable bonds is 3. The summed E-state index contributed by atoms with van der Waals surface area (Å²) in [5.41, 5.74) is 3.78. The summed E-state index contributed by atoms with van der Waals surface area (Å²) in [7, 11) is 1.63. The second-order valence-electron chi connectivity index (χ2n) is 4.59. The van der Waals surface area contributed by atoms with Crippen LogP contribution in [-0.2, 0) is 0 Å². The molecule has 3 heteroatoms. The summed E-state index contributed by atoms with van der Waals surface area (Å²) in [5.74, 6) is 0.526. The van der Waals surface area contributed by atoms with E-state index in [4.69, 9.17) is 16.3 Å². The number of aryl methyl sites for hydroxylation is 2. The maximum Gasteiger partial charge on any atom is 0.123 e. The van der Waals surface area contributed by atoms with E-state index in [0.29, 0.717) is 0 Å². The van der Waals surface area contributed by atoms with E-state index in [-0.39, 0.29) is 11.2 Å². The minimum Gasteiger partial charge on any atom is -0.497 e. The molecule has 0 saturated heterocycles. The Hall–Kier alpha value is -1.54. The molecule has 0 fully saturated rings. The Balaban J connectivity index is 2.43. The van der Waals surface area contributed by atoms with E-state index < -0.39 is 0 Å². The Kier molecular flexibility index (Phi) is 4.11. The lowest BCUT2D eigenvalue weighted by Crippen LogP contribution is -2.00. The van der Waals surface area contributed by atoms with E-state index in [0.717, 1.165) is 28.0 Å². The van der Waals surface area contributed by atoms with E-state index in [1.807, 2.05) is 32.0 Å². The molecule has 0 heterocycles. The maximum absolute atomic E-state index is 13.4. The molecule has 1 nitrogen and oxygen atoms in total. The summed E-state index contributed by atoms with van der Waals surface area (Å²) < 4.78 is 18.5. The largest absolute Gasteiger partial charge is 0.497 e. The first-order chi connectivity index (χ1) is 9.02. The van der Waals surface area contributed by atoms with Crippen LogP contribution < -0.4 is 4.74 Å². The maximum atomic E-state index is 13.4. The fraction of sp³-hybridized carbons (Fsp3) is 0.250. The van der Waals surface area contributed by atoms with Crippen molar-refractivity contribution in [1.82, 2.24) is 0 Å². The molecule has 0 saturated carbocycles. The van der Waals surface area contributed by atoms with Gasteiger partial charge in [-0.2, -0.15) is 0 Å². The standard InChI is InChI=1S/C16H16ClFO/c1-10-4-5-12(18)9-15(10)16(17)14-7-6-13(19-3)8-11(14)2/h4-9,16H,1-3H3. The van der Waals surface area contributed by atoms with Crippen molar-refractivity contribution in [2.75, 3.05) is 7.11 Å². The quantitative estimate of drug-likeness (QED) is 0.734. The van der Waals surface area contributed by atoms with Gasteiger partial charge in [0.1, 0.15) is 11.6 Å². The van der Waals surface area contributed by atoms with E-state index in [1.54, 1.807) is 13.2 Å². The molecule has 0 radical (unpaired) electrons. The zero-order chi connectivity index (χ0) is 14.0. The number of hydrogen-bond acceptors (Lipinski definition) is 1. The zero-order valence-electron chi connectivity index (χ0n) is 11.2. The highest BCUT2D eigenvalue weighted by Gasteiger charge is 2.16. The van der Waals surface area contributed by atoms with Crippen LogP contribution in [0.15, 0.2) is 36.4 Å². The molecule has 0 N–H and O–H groups in total. The minimum atomic E-state index is -0.360. The molecule has 2 aromatic rings. The van der Waals surface area contributed by atoms with Gasteiger partial charge in [0.15, 0.2) is 0 Å². The summed E-state index contributed by atoms with van der Waals surface area (Å²) in [6.07, 6.45) is 0. The predicted octanol–water partition coefficient (Wildman–Crippen LogP) is 4.78. The van der Waals surface area contributed by atoms with Crippen LogP contribution in [0.1, 0.15) is 27.6 Å². The third-order valence-corrected chi connectivity index (χ3v) is 3.73. The second kappa shape index (κ2) is 5.62. The smallest absolute Gasteiger partial charge is 0.123 e. The highest BCUT2D eigenvalue weighted by molar-refractivity contribution is 6.22. The van der Waals surface area contributed by atoms with E-state index in [1.165, 1.54) is 12.1 Å². The SMILES string of the molecule is COc1ccc(C(Cl)c2cc(F)ccc2C)c(C)c1. The van der Waals surface area contributed by atoms with Crippen LogP contribution in [0.4, 0.5) is 4.39 Å². The van der Waals surface area contributed by atoms with Crippen molar-refractivity contribution < 1.29 is 9.13 Å². The van der Waals surface area contributed by atoms with Gasteiger partial charge in [0, 0.05) is 0 Å². The molecule has 1 atom stereocenters. The molecule has 19 heavy (non-hydrogen) atoms. The Morgan fingerprint density at radius 2 is 1.74 bits per heavy atom. The molecule has 1 unspecified atom stereocenters. The second-order valence-corrected chi connectivity index (χ2v) is 5.02. The molecule has 0 aliphatic rings. The van der Waals surface area contributed by atoms with Gasteiger partial charge < -0.3 is 4.74 Å². The van der Waals surface area contributed by atoms with E-state index >= 15 is 0 Å². The topological polar surface area (TPSA) is 9.23 Å². The third-order valence-electron chi connectivity index (χ3n) is 3.26. The number of methoxy groups -OCH3 is 1. The Bertz CT molecular complexity index is 595. The first-order valence-corrected chi connectivity index (χ1v) is 6.51. The third kappa shape index (κ3) is 2.90. The average molecular weight is 279 g/mol. The lowest BCUT2D eigenvalue weighted by atomic mass is 9.96. The molecule has 0 aliphatic carbocycles. The average Bonchev–Trinajstić information content (AvgIpc) is 2.40. The van der Waals surface area contributed by atoms with Gasteiger partial charge in [-0.3, -0.25) is 0 Å². The van der Waals surface area contributed by atoms with Crippen LogP contribution >= 0.6 is 11.6 Å². The number of benzene rings is 2. The van der Waals surface area contributed by atoms with Gasteiger partial charge in [0.25, 0.3) is 0 Å². The van der Waals surface area contributed by atoms with E-state index in [9.17, 15) is 4.39 Å². The number of hydrogen-bond donors (Lipinski definition) is 0. The Labute approximate surface area is 118 Å². The number of ether oxygens (including phenoxy) is 1. The highest BCUT2D eigenvalue weighted by Crippen LogP contribution is 2.34. The fourth-order valence-electron chi connectivity index (χ4n) is 2.11. The Morgan fingerprint density at radius 3 is 2.37 bits per heavy atom.